The molecule has 1 saturated heterocycles. The van der Waals surface area contributed by atoms with Gasteiger partial charge in [-0.3, -0.25) is 14.5 Å². The molecule has 1 aliphatic rings. The molecule has 0 aromatic heterocycles. The number of nitrogens with zero attached hydrogens (tertiary/aromatic N) is 1. The van der Waals surface area contributed by atoms with Crippen molar-refractivity contribution in [3.8, 4) is 11.5 Å². The first-order valence-corrected chi connectivity index (χ1v) is 12.1. The maximum atomic E-state index is 12.9. The zero-order valence-corrected chi connectivity index (χ0v) is 20.1. The van der Waals surface area contributed by atoms with E-state index in [9.17, 15) is 9.59 Å². The van der Waals surface area contributed by atoms with Gasteiger partial charge in [-0.15, -0.1) is 0 Å². The van der Waals surface area contributed by atoms with Gasteiger partial charge in [-0.2, -0.15) is 0 Å². The molecule has 0 unspecified atom stereocenters. The lowest BCUT2D eigenvalue weighted by Gasteiger charge is -2.13. The fourth-order valence-electron chi connectivity index (χ4n) is 3.58. The second-order valence-electron chi connectivity index (χ2n) is 7.98. The third-order valence-electron chi connectivity index (χ3n) is 5.42. The summed E-state index contributed by atoms with van der Waals surface area (Å²) in [5, 5.41) is -0.240. The van der Waals surface area contributed by atoms with Crippen LogP contribution in [0.4, 0.5) is 4.79 Å². The summed E-state index contributed by atoms with van der Waals surface area (Å²) in [5.74, 6) is 0.978. The highest BCUT2D eigenvalue weighted by molar-refractivity contribution is 8.18. The summed E-state index contributed by atoms with van der Waals surface area (Å²) in [6.45, 7) is 5.24. The Morgan fingerprint density at radius 2 is 1.65 bits per heavy atom. The van der Waals surface area contributed by atoms with E-state index in [1.165, 1.54) is 10.5 Å². The molecule has 1 heterocycles. The smallest absolute Gasteiger partial charge is 0.293 e. The number of imide groups is 1. The van der Waals surface area contributed by atoms with Gasteiger partial charge >= 0.3 is 0 Å². The molecule has 0 radical (unpaired) electrons. The lowest BCUT2D eigenvalue weighted by atomic mass is 10.1. The van der Waals surface area contributed by atoms with Crippen LogP contribution in [0.1, 0.15) is 29.2 Å². The summed E-state index contributed by atoms with van der Waals surface area (Å²) in [7, 11) is 0. The molecule has 0 aliphatic carbocycles. The number of aryl methyl sites for hydroxylation is 1. The summed E-state index contributed by atoms with van der Waals surface area (Å²) in [6, 6.07) is 23.6. The van der Waals surface area contributed by atoms with Crippen molar-refractivity contribution < 1.29 is 19.1 Å². The zero-order valence-electron chi connectivity index (χ0n) is 19.3. The van der Waals surface area contributed by atoms with Crippen molar-refractivity contribution in [1.82, 2.24) is 4.90 Å². The van der Waals surface area contributed by atoms with Gasteiger partial charge in [0.1, 0.15) is 6.61 Å². The topological polar surface area (TPSA) is 55.8 Å². The van der Waals surface area contributed by atoms with E-state index in [0.29, 0.717) is 42.6 Å². The number of hydrogen-bond donors (Lipinski definition) is 0. The van der Waals surface area contributed by atoms with Crippen LogP contribution in [-0.4, -0.2) is 29.2 Å². The van der Waals surface area contributed by atoms with Crippen LogP contribution >= 0.6 is 11.8 Å². The summed E-state index contributed by atoms with van der Waals surface area (Å²) in [5.41, 5.74) is 4.14. The minimum absolute atomic E-state index is 0.240. The highest BCUT2D eigenvalue weighted by Crippen LogP contribution is 2.35. The number of carbonyl (C=O) groups is 2. The maximum Gasteiger partial charge on any atom is 0.293 e. The van der Waals surface area contributed by atoms with Gasteiger partial charge in [0, 0.05) is 6.54 Å². The molecule has 5 nitrogen and oxygen atoms in total. The second-order valence-corrected chi connectivity index (χ2v) is 8.98. The first-order valence-electron chi connectivity index (χ1n) is 11.3. The number of amides is 2. The zero-order chi connectivity index (χ0) is 23.9. The molecular formula is C28H27NO4S. The van der Waals surface area contributed by atoms with E-state index in [0.717, 1.165) is 28.5 Å². The van der Waals surface area contributed by atoms with Crippen molar-refractivity contribution in [2.75, 3.05) is 13.2 Å². The fraction of sp³-hybridized carbons (Fsp3) is 0.214. The Labute approximate surface area is 204 Å². The normalized spacial score (nSPS) is 14.6. The number of rotatable bonds is 9. The highest BCUT2D eigenvalue weighted by atomic mass is 32.2. The summed E-state index contributed by atoms with van der Waals surface area (Å²) in [4.78, 5) is 27.0. The van der Waals surface area contributed by atoms with E-state index in [-0.39, 0.29) is 11.1 Å². The number of thioether (sulfide) groups is 1. The fourth-order valence-corrected chi connectivity index (χ4v) is 4.44. The third kappa shape index (κ3) is 5.88. The standard InChI is InChI=1S/C28H27NO4S/c1-3-32-25-17-23(13-14-24(25)33-19-22-11-9-20(2)10-12-22)18-26-27(30)29(28(31)34-26)16-15-21-7-5-4-6-8-21/h4-14,17-18H,3,15-16,19H2,1-2H3/b26-18-. The molecule has 0 atom stereocenters. The van der Waals surface area contributed by atoms with Gasteiger partial charge in [0.15, 0.2) is 11.5 Å². The number of ether oxygens (including phenoxy) is 2. The van der Waals surface area contributed by atoms with Crippen molar-refractivity contribution in [2.45, 2.75) is 26.9 Å². The van der Waals surface area contributed by atoms with Gasteiger partial charge in [0.05, 0.1) is 11.5 Å². The Morgan fingerprint density at radius 3 is 2.38 bits per heavy atom. The molecule has 174 valence electrons. The minimum atomic E-state index is -0.261. The molecule has 1 fully saturated rings. The lowest BCUT2D eigenvalue weighted by Crippen LogP contribution is -2.30. The average Bonchev–Trinajstić information content (AvgIpc) is 3.11. The number of benzene rings is 3. The molecule has 3 aromatic carbocycles. The van der Waals surface area contributed by atoms with E-state index in [2.05, 4.69) is 19.1 Å². The molecule has 0 N–H and O–H groups in total. The average molecular weight is 474 g/mol. The molecule has 1 aliphatic heterocycles. The predicted octanol–water partition coefficient (Wildman–Crippen LogP) is 6.25. The highest BCUT2D eigenvalue weighted by Gasteiger charge is 2.34. The van der Waals surface area contributed by atoms with Crippen molar-refractivity contribution in [3.63, 3.8) is 0 Å². The summed E-state index contributed by atoms with van der Waals surface area (Å²) < 4.78 is 11.8. The Bertz CT molecular complexity index is 1190. The summed E-state index contributed by atoms with van der Waals surface area (Å²) in [6.07, 6.45) is 2.37. The van der Waals surface area contributed by atoms with Crippen LogP contribution in [0.3, 0.4) is 0 Å². The van der Waals surface area contributed by atoms with E-state index in [1.54, 1.807) is 6.08 Å². The van der Waals surface area contributed by atoms with Gasteiger partial charge in [0.25, 0.3) is 11.1 Å². The van der Waals surface area contributed by atoms with Crippen LogP contribution in [0.5, 0.6) is 11.5 Å². The predicted molar refractivity (Wildman–Crippen MR) is 136 cm³/mol. The van der Waals surface area contributed by atoms with Crippen LogP contribution in [0.15, 0.2) is 77.7 Å². The molecule has 0 bridgehead atoms. The van der Waals surface area contributed by atoms with Crippen LogP contribution < -0.4 is 9.47 Å². The van der Waals surface area contributed by atoms with E-state index in [1.807, 2.05) is 67.6 Å². The van der Waals surface area contributed by atoms with Gasteiger partial charge < -0.3 is 9.47 Å². The quantitative estimate of drug-likeness (QED) is 0.344. The first kappa shape index (κ1) is 23.6. The number of hydrogen-bond acceptors (Lipinski definition) is 5. The first-order chi connectivity index (χ1) is 16.5. The molecule has 0 spiro atoms. The molecule has 3 aromatic rings. The second kappa shape index (κ2) is 11.1. The Kier molecular flexibility index (Phi) is 7.70. The lowest BCUT2D eigenvalue weighted by molar-refractivity contribution is -0.122. The van der Waals surface area contributed by atoms with Crippen LogP contribution in [-0.2, 0) is 17.8 Å². The molecular weight excluding hydrogens is 446 g/mol. The van der Waals surface area contributed by atoms with Crippen LogP contribution in [0.25, 0.3) is 6.08 Å². The summed E-state index contributed by atoms with van der Waals surface area (Å²) >= 11 is 0.970. The van der Waals surface area contributed by atoms with Crippen LogP contribution in [0, 0.1) is 6.92 Å². The van der Waals surface area contributed by atoms with E-state index in [4.69, 9.17) is 9.47 Å². The third-order valence-corrected chi connectivity index (χ3v) is 6.33. The van der Waals surface area contributed by atoms with Crippen molar-refractivity contribution in [1.29, 1.82) is 0 Å². The SMILES string of the molecule is CCOc1cc(/C=C2\SC(=O)N(CCc3ccccc3)C2=O)ccc1OCc1ccc(C)cc1. The Hall–Kier alpha value is -3.51. The van der Waals surface area contributed by atoms with Crippen LogP contribution in [0.2, 0.25) is 0 Å². The van der Waals surface area contributed by atoms with Gasteiger partial charge in [0.2, 0.25) is 0 Å². The van der Waals surface area contributed by atoms with E-state index < -0.39 is 0 Å². The van der Waals surface area contributed by atoms with Gasteiger partial charge in [-0.25, -0.2) is 0 Å². The molecule has 2 amide bonds. The Balaban J connectivity index is 1.46. The van der Waals surface area contributed by atoms with Gasteiger partial charge in [-0.05, 0) is 66.9 Å². The van der Waals surface area contributed by atoms with E-state index >= 15 is 0 Å². The molecule has 0 saturated carbocycles. The Morgan fingerprint density at radius 1 is 0.882 bits per heavy atom. The van der Waals surface area contributed by atoms with Crippen molar-refractivity contribution in [2.24, 2.45) is 0 Å². The van der Waals surface area contributed by atoms with Crippen molar-refractivity contribution in [3.05, 3.63) is 100.0 Å². The van der Waals surface area contributed by atoms with Crippen molar-refractivity contribution >= 4 is 29.0 Å². The van der Waals surface area contributed by atoms with Gasteiger partial charge in [-0.1, -0.05) is 66.2 Å². The molecule has 6 heteroatoms. The molecule has 34 heavy (non-hydrogen) atoms. The monoisotopic (exact) mass is 473 g/mol. The maximum absolute atomic E-state index is 12.9. The molecule has 4 rings (SSSR count). The largest absolute Gasteiger partial charge is 0.490 e. The number of carbonyl (C=O) groups excluding carboxylic acids is 2. The minimum Gasteiger partial charge on any atom is -0.490 e.